The first kappa shape index (κ1) is 13.8. The second-order valence-corrected chi connectivity index (χ2v) is 5.38. The van der Waals surface area contributed by atoms with Gasteiger partial charge in [-0.15, -0.1) is 21.8 Å². The van der Waals surface area contributed by atoms with Gasteiger partial charge in [0.15, 0.2) is 11.6 Å². The second kappa shape index (κ2) is 5.70. The van der Waals surface area contributed by atoms with E-state index in [1.807, 2.05) is 28.8 Å². The van der Waals surface area contributed by atoms with Crippen molar-refractivity contribution in [3.63, 3.8) is 0 Å². The van der Waals surface area contributed by atoms with Crippen molar-refractivity contribution in [1.82, 2.24) is 14.8 Å². The predicted octanol–water partition coefficient (Wildman–Crippen LogP) is 4.29. The number of aryl methyl sites for hydroxylation is 2. The van der Waals surface area contributed by atoms with Gasteiger partial charge < -0.3 is 0 Å². The summed E-state index contributed by atoms with van der Waals surface area (Å²) in [7, 11) is 0. The smallest absolute Gasteiger partial charge is 0.168 e. The summed E-state index contributed by atoms with van der Waals surface area (Å²) in [5.41, 5.74) is 4.46. The maximum Gasteiger partial charge on any atom is 0.168 e. The molecule has 0 fully saturated rings. The summed E-state index contributed by atoms with van der Waals surface area (Å²) in [5.74, 6) is 1.89. The highest BCUT2D eigenvalue weighted by Crippen LogP contribution is 2.24. The molecular weight excluding hydrogens is 282 g/mol. The summed E-state index contributed by atoms with van der Waals surface area (Å²) in [6, 6.07) is 16.5. The van der Waals surface area contributed by atoms with E-state index in [1.165, 1.54) is 11.1 Å². The monoisotopic (exact) mass is 297 g/mol. The van der Waals surface area contributed by atoms with Crippen LogP contribution in [0.1, 0.15) is 17.0 Å². The van der Waals surface area contributed by atoms with Gasteiger partial charge in [-0.3, -0.25) is 4.57 Å². The Morgan fingerprint density at radius 1 is 0.952 bits per heavy atom. The Labute approximate surface area is 129 Å². The summed E-state index contributed by atoms with van der Waals surface area (Å²) in [4.78, 5) is 0. The predicted molar refractivity (Wildman–Crippen MR) is 85.8 cm³/mol. The molecule has 0 saturated carbocycles. The normalized spacial score (nSPS) is 10.8. The van der Waals surface area contributed by atoms with E-state index in [0.717, 1.165) is 22.9 Å². The molecule has 106 valence electrons. The first-order valence-electron chi connectivity index (χ1n) is 6.83. The minimum atomic E-state index is 0.326. The van der Waals surface area contributed by atoms with Gasteiger partial charge >= 0.3 is 0 Å². The zero-order valence-electron chi connectivity index (χ0n) is 12.0. The van der Waals surface area contributed by atoms with Crippen molar-refractivity contribution in [2.45, 2.75) is 19.7 Å². The number of halogens is 1. The van der Waals surface area contributed by atoms with Crippen LogP contribution in [0, 0.1) is 13.8 Å². The zero-order valence-corrected chi connectivity index (χ0v) is 12.8. The fraction of sp³-hybridized carbons (Fsp3) is 0.176. The van der Waals surface area contributed by atoms with Crippen molar-refractivity contribution in [3.8, 4) is 17.1 Å². The molecule has 2 aromatic carbocycles. The molecule has 0 saturated heterocycles. The average Bonchev–Trinajstić information content (AvgIpc) is 2.91. The highest BCUT2D eigenvalue weighted by molar-refractivity contribution is 6.16. The molecule has 0 aliphatic carbocycles. The second-order valence-electron chi connectivity index (χ2n) is 5.12. The molecule has 3 nitrogen and oxygen atoms in total. The van der Waals surface area contributed by atoms with Crippen LogP contribution < -0.4 is 0 Å². The van der Waals surface area contributed by atoms with E-state index in [9.17, 15) is 0 Å². The lowest BCUT2D eigenvalue weighted by atomic mass is 10.1. The molecule has 0 atom stereocenters. The highest BCUT2D eigenvalue weighted by atomic mass is 35.5. The Balaban J connectivity index is 2.21. The quantitative estimate of drug-likeness (QED) is 0.675. The fourth-order valence-corrected chi connectivity index (χ4v) is 2.59. The number of alkyl halides is 1. The first-order chi connectivity index (χ1) is 10.2. The molecule has 1 aromatic heterocycles. The third-order valence-electron chi connectivity index (χ3n) is 3.39. The Morgan fingerprint density at radius 2 is 1.67 bits per heavy atom. The van der Waals surface area contributed by atoms with Crippen LogP contribution in [0.3, 0.4) is 0 Å². The van der Waals surface area contributed by atoms with Gasteiger partial charge in [0.1, 0.15) is 0 Å². The maximum absolute atomic E-state index is 6.03. The third-order valence-corrected chi connectivity index (χ3v) is 3.62. The molecule has 1 heterocycles. The molecule has 21 heavy (non-hydrogen) atoms. The topological polar surface area (TPSA) is 30.7 Å². The van der Waals surface area contributed by atoms with Crippen molar-refractivity contribution >= 4 is 11.6 Å². The summed E-state index contributed by atoms with van der Waals surface area (Å²) >= 11 is 6.03. The molecule has 0 aliphatic rings. The molecule has 0 amide bonds. The Bertz CT molecular complexity index is 777. The largest absolute Gasteiger partial charge is 0.278 e. The fourth-order valence-electron chi connectivity index (χ4n) is 2.41. The molecule has 0 unspecified atom stereocenters. The maximum atomic E-state index is 6.03. The lowest BCUT2D eigenvalue weighted by molar-refractivity contribution is 0.952. The van der Waals surface area contributed by atoms with Gasteiger partial charge in [0.25, 0.3) is 0 Å². The Kier molecular flexibility index (Phi) is 3.76. The van der Waals surface area contributed by atoms with Crippen molar-refractivity contribution in [3.05, 3.63) is 65.5 Å². The molecule has 0 N–H and O–H groups in total. The van der Waals surface area contributed by atoms with E-state index in [4.69, 9.17) is 11.6 Å². The number of hydrogen-bond donors (Lipinski definition) is 0. The van der Waals surface area contributed by atoms with Crippen molar-refractivity contribution in [2.75, 3.05) is 0 Å². The number of aromatic nitrogens is 3. The van der Waals surface area contributed by atoms with Crippen LogP contribution in [0.25, 0.3) is 17.1 Å². The van der Waals surface area contributed by atoms with Gasteiger partial charge in [0.05, 0.1) is 5.88 Å². The van der Waals surface area contributed by atoms with E-state index in [1.54, 1.807) is 0 Å². The number of hydrogen-bond acceptors (Lipinski definition) is 2. The van der Waals surface area contributed by atoms with Crippen molar-refractivity contribution < 1.29 is 0 Å². The summed E-state index contributed by atoms with van der Waals surface area (Å²) in [6.07, 6.45) is 0. The zero-order chi connectivity index (χ0) is 14.8. The first-order valence-corrected chi connectivity index (χ1v) is 7.37. The van der Waals surface area contributed by atoms with E-state index < -0.39 is 0 Å². The summed E-state index contributed by atoms with van der Waals surface area (Å²) in [6.45, 7) is 4.14. The Hall–Kier alpha value is -2.13. The van der Waals surface area contributed by atoms with Gasteiger partial charge in [0, 0.05) is 11.3 Å². The van der Waals surface area contributed by atoms with E-state index >= 15 is 0 Å². The minimum Gasteiger partial charge on any atom is -0.278 e. The van der Waals surface area contributed by atoms with Crippen LogP contribution in [0.2, 0.25) is 0 Å². The van der Waals surface area contributed by atoms with E-state index in [0.29, 0.717) is 5.88 Å². The van der Waals surface area contributed by atoms with E-state index in [-0.39, 0.29) is 0 Å². The summed E-state index contributed by atoms with van der Waals surface area (Å²) < 4.78 is 2.02. The van der Waals surface area contributed by atoms with Crippen LogP contribution in [-0.2, 0) is 5.88 Å². The molecule has 0 aliphatic heterocycles. The minimum absolute atomic E-state index is 0.326. The van der Waals surface area contributed by atoms with Gasteiger partial charge in [-0.05, 0) is 37.6 Å². The number of benzene rings is 2. The van der Waals surface area contributed by atoms with E-state index in [2.05, 4.69) is 48.3 Å². The molecular formula is C17H16ClN3. The third kappa shape index (κ3) is 2.69. The highest BCUT2D eigenvalue weighted by Gasteiger charge is 2.15. The molecule has 4 heteroatoms. The van der Waals surface area contributed by atoms with Crippen LogP contribution in [-0.4, -0.2) is 14.8 Å². The van der Waals surface area contributed by atoms with Crippen molar-refractivity contribution in [2.24, 2.45) is 0 Å². The van der Waals surface area contributed by atoms with Crippen LogP contribution in [0.15, 0.2) is 48.5 Å². The van der Waals surface area contributed by atoms with Crippen LogP contribution >= 0.6 is 11.6 Å². The lowest BCUT2D eigenvalue weighted by Gasteiger charge is -2.10. The summed E-state index contributed by atoms with van der Waals surface area (Å²) in [5, 5.41) is 8.56. The standard InChI is InChI=1S/C17H16ClN3/c1-12-5-3-7-14(9-12)17-20-19-16(11-18)21(17)15-8-4-6-13(2)10-15/h3-10H,11H2,1-2H3. The van der Waals surface area contributed by atoms with Crippen LogP contribution in [0.4, 0.5) is 0 Å². The molecule has 3 aromatic rings. The molecule has 0 spiro atoms. The number of nitrogens with zero attached hydrogens (tertiary/aromatic N) is 3. The van der Waals surface area contributed by atoms with Gasteiger partial charge in [-0.2, -0.15) is 0 Å². The van der Waals surface area contributed by atoms with Crippen molar-refractivity contribution in [1.29, 1.82) is 0 Å². The Morgan fingerprint density at radius 3 is 2.33 bits per heavy atom. The molecule has 3 rings (SSSR count). The van der Waals surface area contributed by atoms with Gasteiger partial charge in [-0.25, -0.2) is 0 Å². The number of rotatable bonds is 3. The average molecular weight is 298 g/mol. The molecule has 0 bridgehead atoms. The SMILES string of the molecule is Cc1cccc(-c2nnc(CCl)n2-c2cccc(C)c2)c1. The van der Waals surface area contributed by atoms with Gasteiger partial charge in [-0.1, -0.05) is 35.9 Å². The molecule has 0 radical (unpaired) electrons. The van der Waals surface area contributed by atoms with Crippen LogP contribution in [0.5, 0.6) is 0 Å². The lowest BCUT2D eigenvalue weighted by Crippen LogP contribution is -2.02. The van der Waals surface area contributed by atoms with Gasteiger partial charge in [0.2, 0.25) is 0 Å².